The topological polar surface area (TPSA) is 78.5 Å². The Morgan fingerprint density at radius 2 is 1.70 bits per heavy atom. The molecule has 0 spiro atoms. The van der Waals surface area contributed by atoms with Gasteiger partial charge >= 0.3 is 0 Å². The van der Waals surface area contributed by atoms with E-state index >= 15 is 0 Å². The first-order valence-corrected chi connectivity index (χ1v) is 9.44. The Morgan fingerprint density at radius 1 is 1.04 bits per heavy atom. The van der Waals surface area contributed by atoms with Crippen LogP contribution in [-0.2, 0) is 9.59 Å². The van der Waals surface area contributed by atoms with E-state index in [1.54, 1.807) is 37.4 Å². The fourth-order valence-electron chi connectivity index (χ4n) is 2.55. The van der Waals surface area contributed by atoms with Crippen molar-refractivity contribution in [2.45, 2.75) is 12.8 Å². The van der Waals surface area contributed by atoms with Gasteiger partial charge in [-0.3, -0.25) is 14.4 Å². The summed E-state index contributed by atoms with van der Waals surface area (Å²) < 4.78 is 0.774. The number of likely N-dealkylation sites (N-methyl/N-ethyl adjacent to an activating group) is 1. The van der Waals surface area contributed by atoms with Crippen molar-refractivity contribution in [3.05, 3.63) is 58.6 Å². The van der Waals surface area contributed by atoms with Gasteiger partial charge in [-0.1, -0.05) is 12.1 Å². The number of benzene rings is 2. The summed E-state index contributed by atoms with van der Waals surface area (Å²) >= 11 is 3.37. The summed E-state index contributed by atoms with van der Waals surface area (Å²) in [5.74, 6) is -0.404. The fraction of sp³-hybridized carbons (Fsp3) is 0.250. The van der Waals surface area contributed by atoms with Crippen LogP contribution in [0.4, 0.5) is 11.4 Å². The van der Waals surface area contributed by atoms with Crippen LogP contribution in [0.2, 0.25) is 0 Å². The highest BCUT2D eigenvalue weighted by Gasteiger charge is 2.29. The van der Waals surface area contributed by atoms with Gasteiger partial charge in [0.15, 0.2) is 0 Å². The summed E-state index contributed by atoms with van der Waals surface area (Å²) in [6, 6.07) is 14.0. The van der Waals surface area contributed by atoms with Gasteiger partial charge < -0.3 is 15.5 Å². The van der Waals surface area contributed by atoms with Crippen molar-refractivity contribution in [1.29, 1.82) is 0 Å². The van der Waals surface area contributed by atoms with E-state index in [2.05, 4.69) is 26.6 Å². The molecule has 7 heteroatoms. The Hall–Kier alpha value is -2.67. The lowest BCUT2D eigenvalue weighted by Gasteiger charge is -2.17. The van der Waals surface area contributed by atoms with Crippen LogP contribution in [0.15, 0.2) is 53.0 Å². The summed E-state index contributed by atoms with van der Waals surface area (Å²) in [5.41, 5.74) is 1.77. The molecule has 140 valence electrons. The van der Waals surface area contributed by atoms with Crippen molar-refractivity contribution in [3.8, 4) is 0 Å². The Balaban J connectivity index is 1.55. The molecule has 0 saturated heterocycles. The van der Waals surface area contributed by atoms with Crippen LogP contribution in [0.5, 0.6) is 0 Å². The van der Waals surface area contributed by atoms with E-state index < -0.39 is 0 Å². The molecule has 2 aromatic rings. The molecular formula is C20H20BrN3O3. The van der Waals surface area contributed by atoms with Gasteiger partial charge in [-0.25, -0.2) is 0 Å². The highest BCUT2D eigenvalue weighted by molar-refractivity contribution is 9.10. The van der Waals surface area contributed by atoms with Gasteiger partial charge in [-0.15, -0.1) is 0 Å². The second-order valence-corrected chi connectivity index (χ2v) is 7.38. The Bertz CT molecular complexity index is 863. The van der Waals surface area contributed by atoms with Crippen LogP contribution in [-0.4, -0.2) is 36.2 Å². The maximum absolute atomic E-state index is 12.5. The quantitative estimate of drug-likeness (QED) is 0.737. The second kappa shape index (κ2) is 8.35. The normalized spacial score (nSPS) is 13.0. The van der Waals surface area contributed by atoms with Crippen LogP contribution < -0.4 is 10.6 Å². The highest BCUT2D eigenvalue weighted by atomic mass is 79.9. The average molecular weight is 430 g/mol. The molecule has 3 amide bonds. The lowest BCUT2D eigenvalue weighted by molar-refractivity contribution is -0.117. The van der Waals surface area contributed by atoms with Crippen LogP contribution in [0, 0.1) is 5.92 Å². The molecule has 0 atom stereocenters. The number of carbonyl (C=O) groups is 3. The van der Waals surface area contributed by atoms with Crippen molar-refractivity contribution >= 4 is 45.0 Å². The molecule has 0 aromatic heterocycles. The molecule has 1 aliphatic rings. The maximum Gasteiger partial charge on any atom is 0.254 e. The van der Waals surface area contributed by atoms with Crippen LogP contribution in [0.3, 0.4) is 0 Å². The number of hydrogen-bond donors (Lipinski definition) is 2. The Labute approximate surface area is 166 Å². The molecule has 1 aliphatic carbocycles. The van der Waals surface area contributed by atoms with E-state index in [1.807, 2.05) is 18.2 Å². The minimum atomic E-state index is -0.286. The molecule has 0 heterocycles. The van der Waals surface area contributed by atoms with Crippen molar-refractivity contribution in [2.75, 3.05) is 24.2 Å². The van der Waals surface area contributed by atoms with Crippen LogP contribution >= 0.6 is 15.9 Å². The highest BCUT2D eigenvalue weighted by Crippen LogP contribution is 2.30. The summed E-state index contributed by atoms with van der Waals surface area (Å²) in [6.45, 7) is -0.0691. The van der Waals surface area contributed by atoms with Crippen molar-refractivity contribution in [1.82, 2.24) is 4.90 Å². The Kier molecular flexibility index (Phi) is 5.91. The van der Waals surface area contributed by atoms with E-state index in [0.29, 0.717) is 16.9 Å². The molecule has 3 rings (SSSR count). The van der Waals surface area contributed by atoms with E-state index in [-0.39, 0.29) is 30.2 Å². The fourth-order valence-corrected chi connectivity index (χ4v) is 2.93. The first kappa shape index (κ1) is 19.1. The molecule has 2 aromatic carbocycles. The molecule has 0 bridgehead atoms. The average Bonchev–Trinajstić information content (AvgIpc) is 3.49. The predicted octanol–water partition coefficient (Wildman–Crippen LogP) is 3.51. The third-order valence-corrected chi connectivity index (χ3v) is 4.91. The Morgan fingerprint density at radius 3 is 2.33 bits per heavy atom. The van der Waals surface area contributed by atoms with Crippen molar-refractivity contribution in [2.24, 2.45) is 5.92 Å². The lowest BCUT2D eigenvalue weighted by atomic mass is 10.1. The lowest BCUT2D eigenvalue weighted by Crippen LogP contribution is -2.35. The van der Waals surface area contributed by atoms with E-state index in [0.717, 1.165) is 17.3 Å². The second-order valence-electron chi connectivity index (χ2n) is 6.53. The third-order valence-electron chi connectivity index (χ3n) is 4.22. The molecule has 1 saturated carbocycles. The SMILES string of the molecule is CN(CC(=O)Nc1ccccc1Br)C(=O)c1ccc(NC(=O)C2CC2)cc1. The largest absolute Gasteiger partial charge is 0.332 e. The number of nitrogens with zero attached hydrogens (tertiary/aromatic N) is 1. The van der Waals surface area contributed by atoms with Crippen molar-refractivity contribution in [3.63, 3.8) is 0 Å². The van der Waals surface area contributed by atoms with Gasteiger partial charge in [0.25, 0.3) is 5.91 Å². The summed E-state index contributed by atoms with van der Waals surface area (Å²) in [6.07, 6.45) is 1.88. The van der Waals surface area contributed by atoms with Gasteiger partial charge in [-0.2, -0.15) is 0 Å². The number of anilines is 2. The van der Waals surface area contributed by atoms with E-state index in [4.69, 9.17) is 0 Å². The van der Waals surface area contributed by atoms with Gasteiger partial charge in [0, 0.05) is 28.7 Å². The number of nitrogens with one attached hydrogen (secondary N) is 2. The zero-order chi connectivity index (χ0) is 19.4. The number of carbonyl (C=O) groups excluding carboxylic acids is 3. The molecular weight excluding hydrogens is 410 g/mol. The number of halogens is 1. The third kappa shape index (κ3) is 5.17. The minimum Gasteiger partial charge on any atom is -0.332 e. The number of para-hydroxylation sites is 1. The summed E-state index contributed by atoms with van der Waals surface area (Å²) in [5, 5.41) is 5.60. The minimum absolute atomic E-state index is 0.0231. The summed E-state index contributed by atoms with van der Waals surface area (Å²) in [4.78, 5) is 37.8. The smallest absolute Gasteiger partial charge is 0.254 e. The van der Waals surface area contributed by atoms with Crippen molar-refractivity contribution < 1.29 is 14.4 Å². The molecule has 2 N–H and O–H groups in total. The monoisotopic (exact) mass is 429 g/mol. The van der Waals surface area contributed by atoms with Gasteiger partial charge in [-0.05, 0) is 65.2 Å². The van der Waals surface area contributed by atoms with E-state index in [9.17, 15) is 14.4 Å². The molecule has 6 nitrogen and oxygen atoms in total. The summed E-state index contributed by atoms with van der Waals surface area (Å²) in [7, 11) is 1.57. The molecule has 1 fully saturated rings. The standard InChI is InChI=1S/C20H20BrN3O3/c1-24(12-18(25)23-17-5-3-2-4-16(17)21)20(27)14-8-10-15(11-9-14)22-19(26)13-6-7-13/h2-5,8-11,13H,6-7,12H2,1H3,(H,22,26)(H,23,25). The zero-order valence-corrected chi connectivity index (χ0v) is 16.5. The van der Waals surface area contributed by atoms with Gasteiger partial charge in [0.1, 0.15) is 0 Å². The number of rotatable bonds is 6. The first-order valence-electron chi connectivity index (χ1n) is 8.65. The first-order chi connectivity index (χ1) is 12.9. The molecule has 0 radical (unpaired) electrons. The zero-order valence-electron chi connectivity index (χ0n) is 14.9. The molecule has 0 aliphatic heterocycles. The van der Waals surface area contributed by atoms with Gasteiger partial charge in [0.2, 0.25) is 11.8 Å². The van der Waals surface area contributed by atoms with E-state index in [1.165, 1.54) is 4.90 Å². The van der Waals surface area contributed by atoms with Crippen LogP contribution in [0.25, 0.3) is 0 Å². The molecule has 27 heavy (non-hydrogen) atoms. The number of hydrogen-bond acceptors (Lipinski definition) is 3. The predicted molar refractivity (Wildman–Crippen MR) is 108 cm³/mol. The van der Waals surface area contributed by atoms with Gasteiger partial charge in [0.05, 0.1) is 12.2 Å². The molecule has 0 unspecified atom stereocenters. The number of amides is 3. The maximum atomic E-state index is 12.5. The van der Waals surface area contributed by atoms with Crippen LogP contribution in [0.1, 0.15) is 23.2 Å².